The molecule has 6 N–H and O–H groups in total. The highest BCUT2D eigenvalue weighted by molar-refractivity contribution is 7.71. The molecule has 0 aliphatic carbocycles. The number of aromatic nitrogens is 4. The van der Waals surface area contributed by atoms with Crippen LogP contribution in [0.2, 0.25) is 0 Å². The van der Waals surface area contributed by atoms with Gasteiger partial charge < -0.3 is 30.8 Å². The third-order valence-corrected chi connectivity index (χ3v) is 3.61. The van der Waals surface area contributed by atoms with Gasteiger partial charge in [-0.2, -0.15) is 0 Å². The maximum Gasteiger partial charge on any atom is 0.181 e. The lowest BCUT2D eigenvalue weighted by atomic mass is 10.1. The zero-order valence-corrected chi connectivity index (χ0v) is 11.0. The van der Waals surface area contributed by atoms with Crippen LogP contribution in [0.1, 0.15) is 6.23 Å². The molecule has 1 aliphatic rings. The van der Waals surface area contributed by atoms with E-state index in [-0.39, 0.29) is 10.6 Å². The van der Waals surface area contributed by atoms with Crippen molar-refractivity contribution in [1.29, 1.82) is 0 Å². The lowest BCUT2D eigenvalue weighted by Crippen LogP contribution is -2.33. The van der Waals surface area contributed by atoms with Crippen LogP contribution in [0.25, 0.3) is 11.2 Å². The van der Waals surface area contributed by atoms with Crippen molar-refractivity contribution in [3.05, 3.63) is 11.1 Å². The van der Waals surface area contributed by atoms with E-state index in [0.717, 1.165) is 0 Å². The lowest BCUT2D eigenvalue weighted by Gasteiger charge is -2.16. The molecule has 20 heavy (non-hydrogen) atoms. The molecular weight excluding hydrogens is 286 g/mol. The smallest absolute Gasteiger partial charge is 0.181 e. The molecule has 1 aliphatic heterocycles. The SMILES string of the molecule is Nc1ncnc2c1[nH]c(=S)n2[C@@H]1O[C@@H](CO)[C@@H](O)[C@H]1O. The van der Waals surface area contributed by atoms with Gasteiger partial charge in [0.1, 0.15) is 30.2 Å². The third-order valence-electron chi connectivity index (χ3n) is 3.31. The average molecular weight is 299 g/mol. The quantitative estimate of drug-likeness (QED) is 0.430. The summed E-state index contributed by atoms with van der Waals surface area (Å²) in [6.07, 6.45) is -3.04. The van der Waals surface area contributed by atoms with Crippen molar-refractivity contribution in [3.8, 4) is 0 Å². The highest BCUT2D eigenvalue weighted by atomic mass is 32.1. The van der Waals surface area contributed by atoms with Gasteiger partial charge in [-0.15, -0.1) is 0 Å². The number of ether oxygens (including phenoxy) is 1. The molecule has 0 radical (unpaired) electrons. The zero-order valence-electron chi connectivity index (χ0n) is 10.2. The number of aromatic amines is 1. The van der Waals surface area contributed by atoms with E-state index >= 15 is 0 Å². The van der Waals surface area contributed by atoms with Crippen molar-refractivity contribution in [2.45, 2.75) is 24.5 Å². The van der Waals surface area contributed by atoms with Crippen LogP contribution in [0.3, 0.4) is 0 Å². The van der Waals surface area contributed by atoms with Crippen molar-refractivity contribution >= 4 is 29.2 Å². The van der Waals surface area contributed by atoms with Crippen molar-refractivity contribution < 1.29 is 20.1 Å². The molecule has 0 amide bonds. The summed E-state index contributed by atoms with van der Waals surface area (Å²) in [5.41, 5.74) is 6.50. The molecule has 2 aromatic rings. The molecule has 0 bridgehead atoms. The molecule has 0 spiro atoms. The Morgan fingerprint density at radius 1 is 1.40 bits per heavy atom. The van der Waals surface area contributed by atoms with Crippen LogP contribution < -0.4 is 5.73 Å². The number of nitrogens with zero attached hydrogens (tertiary/aromatic N) is 3. The fourth-order valence-corrected chi connectivity index (χ4v) is 2.58. The number of hydrogen-bond acceptors (Lipinski definition) is 8. The fraction of sp³-hybridized carbons (Fsp3) is 0.500. The maximum atomic E-state index is 10.0. The minimum atomic E-state index is -1.24. The van der Waals surface area contributed by atoms with Gasteiger partial charge in [0.2, 0.25) is 0 Å². The van der Waals surface area contributed by atoms with E-state index in [1.54, 1.807) is 0 Å². The van der Waals surface area contributed by atoms with Crippen LogP contribution in [0.15, 0.2) is 6.33 Å². The molecule has 3 heterocycles. The Morgan fingerprint density at radius 3 is 2.80 bits per heavy atom. The Bertz CT molecular complexity index is 701. The molecule has 0 aromatic carbocycles. The summed E-state index contributed by atoms with van der Waals surface area (Å²) in [6, 6.07) is 0. The number of aliphatic hydroxyl groups excluding tert-OH is 3. The highest BCUT2D eigenvalue weighted by Gasteiger charge is 2.44. The second kappa shape index (κ2) is 4.75. The number of fused-ring (bicyclic) bond motifs is 1. The average Bonchev–Trinajstić information content (AvgIpc) is 2.90. The topological polar surface area (TPSA) is 142 Å². The van der Waals surface area contributed by atoms with Crippen LogP contribution in [0.5, 0.6) is 0 Å². The van der Waals surface area contributed by atoms with Gasteiger partial charge in [-0.1, -0.05) is 0 Å². The number of rotatable bonds is 2. The summed E-state index contributed by atoms with van der Waals surface area (Å²) in [5.74, 6) is 0.214. The van der Waals surface area contributed by atoms with Crippen LogP contribution >= 0.6 is 12.2 Å². The van der Waals surface area contributed by atoms with E-state index in [2.05, 4.69) is 15.0 Å². The molecule has 10 heteroatoms. The summed E-state index contributed by atoms with van der Waals surface area (Å²) in [7, 11) is 0. The van der Waals surface area contributed by atoms with Gasteiger partial charge in [0.05, 0.1) is 6.61 Å². The van der Waals surface area contributed by atoms with Crippen molar-refractivity contribution in [2.24, 2.45) is 0 Å². The van der Waals surface area contributed by atoms with E-state index in [4.69, 9.17) is 27.8 Å². The number of anilines is 1. The summed E-state index contributed by atoms with van der Waals surface area (Å²) in [5, 5.41) is 28.9. The first-order valence-corrected chi connectivity index (χ1v) is 6.28. The number of nitrogens with two attached hydrogens (primary N) is 1. The number of imidazole rings is 1. The minimum Gasteiger partial charge on any atom is -0.394 e. The molecule has 9 nitrogen and oxygen atoms in total. The first-order valence-electron chi connectivity index (χ1n) is 5.87. The van der Waals surface area contributed by atoms with Crippen LogP contribution in [0.4, 0.5) is 5.82 Å². The number of aliphatic hydroxyl groups is 3. The zero-order chi connectivity index (χ0) is 14.4. The largest absolute Gasteiger partial charge is 0.394 e. The fourth-order valence-electron chi connectivity index (χ4n) is 2.28. The van der Waals surface area contributed by atoms with Crippen LogP contribution in [-0.4, -0.2) is 59.8 Å². The number of nitrogen functional groups attached to an aromatic ring is 1. The Hall–Kier alpha value is -1.59. The van der Waals surface area contributed by atoms with Crippen LogP contribution in [-0.2, 0) is 4.74 Å². The maximum absolute atomic E-state index is 10.0. The normalized spacial score (nSPS) is 30.1. The first kappa shape index (κ1) is 13.4. The minimum absolute atomic E-state index is 0.214. The van der Waals surface area contributed by atoms with Gasteiger partial charge in [0.15, 0.2) is 22.5 Å². The van der Waals surface area contributed by atoms with Crippen molar-refractivity contribution in [1.82, 2.24) is 19.5 Å². The first-order chi connectivity index (χ1) is 9.54. The Balaban J connectivity index is 2.14. The summed E-state index contributed by atoms with van der Waals surface area (Å²) < 4.78 is 7.07. The van der Waals surface area contributed by atoms with E-state index in [1.807, 2.05) is 0 Å². The Morgan fingerprint density at radius 2 is 2.15 bits per heavy atom. The molecule has 2 aromatic heterocycles. The van der Waals surface area contributed by atoms with E-state index in [0.29, 0.717) is 11.2 Å². The molecule has 3 rings (SSSR count). The highest BCUT2D eigenvalue weighted by Crippen LogP contribution is 2.32. The van der Waals surface area contributed by atoms with E-state index in [9.17, 15) is 10.2 Å². The second-order valence-corrected chi connectivity index (χ2v) is 4.87. The van der Waals surface area contributed by atoms with E-state index < -0.39 is 31.1 Å². The molecule has 1 fully saturated rings. The van der Waals surface area contributed by atoms with Crippen molar-refractivity contribution in [3.63, 3.8) is 0 Å². The lowest BCUT2D eigenvalue weighted by molar-refractivity contribution is -0.0517. The number of hydrogen-bond donors (Lipinski definition) is 5. The predicted octanol–water partition coefficient (Wildman–Crippen LogP) is -1.32. The van der Waals surface area contributed by atoms with Crippen molar-refractivity contribution in [2.75, 3.05) is 12.3 Å². The predicted molar refractivity (Wildman–Crippen MR) is 70.1 cm³/mol. The van der Waals surface area contributed by atoms with Crippen LogP contribution in [0, 0.1) is 4.77 Å². The molecule has 4 atom stereocenters. The molecule has 0 saturated carbocycles. The molecule has 108 valence electrons. The second-order valence-electron chi connectivity index (χ2n) is 4.49. The van der Waals surface area contributed by atoms with Gasteiger partial charge in [-0.3, -0.25) is 4.57 Å². The van der Waals surface area contributed by atoms with Gasteiger partial charge in [0.25, 0.3) is 0 Å². The third kappa shape index (κ3) is 1.81. The molecule has 0 unspecified atom stereocenters. The van der Waals surface area contributed by atoms with Gasteiger partial charge in [-0.05, 0) is 12.2 Å². The standard InChI is InChI=1S/C10H13N5O4S/c11-7-4-8(13-2-12-7)15(10(20)14-4)9-6(18)5(17)3(1-16)19-9/h2-3,5-6,9,16-18H,1H2,(H,14,20)(H2,11,12,13)/t3-,5+,6+,9+/m0/s1. The summed E-state index contributed by atoms with van der Waals surface area (Å²) in [4.78, 5) is 10.7. The number of H-pyrrole nitrogens is 1. The Kier molecular flexibility index (Phi) is 3.18. The van der Waals surface area contributed by atoms with Gasteiger partial charge in [0, 0.05) is 0 Å². The van der Waals surface area contributed by atoms with Gasteiger partial charge in [-0.25, -0.2) is 9.97 Å². The summed E-state index contributed by atoms with van der Waals surface area (Å²) >= 11 is 5.16. The Labute approximate surface area is 117 Å². The number of nitrogens with one attached hydrogen (secondary N) is 1. The monoisotopic (exact) mass is 299 g/mol. The molecule has 1 saturated heterocycles. The van der Waals surface area contributed by atoms with E-state index in [1.165, 1.54) is 10.9 Å². The van der Waals surface area contributed by atoms with Gasteiger partial charge >= 0.3 is 0 Å². The summed E-state index contributed by atoms with van der Waals surface area (Å²) in [6.45, 7) is -0.415. The molecular formula is C10H13N5O4S.